The minimum absolute atomic E-state index is 0.164. The van der Waals surface area contributed by atoms with Crippen molar-refractivity contribution in [3.63, 3.8) is 0 Å². The van der Waals surface area contributed by atoms with Crippen LogP contribution in [0.2, 0.25) is 0 Å². The van der Waals surface area contributed by atoms with Crippen LogP contribution in [-0.4, -0.2) is 18.4 Å². The van der Waals surface area contributed by atoms with Gasteiger partial charge in [0.05, 0.1) is 6.61 Å². The van der Waals surface area contributed by atoms with Crippen molar-refractivity contribution in [2.24, 2.45) is 0 Å². The molecule has 0 fully saturated rings. The highest BCUT2D eigenvalue weighted by molar-refractivity contribution is 6.25. The number of allylic oxidation sites excluding steroid dienone is 1. The number of esters is 1. The predicted octanol–water partition coefficient (Wildman–Crippen LogP) is 2.48. The van der Waals surface area contributed by atoms with E-state index >= 15 is 0 Å². The molecule has 0 amide bonds. The number of rotatable bonds is 3. The van der Waals surface area contributed by atoms with Crippen LogP contribution in [0.4, 0.5) is 0 Å². The number of fused-ring (bicyclic) bond motifs is 1. The molecule has 94 valence electrons. The molecule has 0 saturated heterocycles. The van der Waals surface area contributed by atoms with E-state index in [1.807, 2.05) is 25.1 Å². The van der Waals surface area contributed by atoms with Crippen LogP contribution < -0.4 is 0 Å². The zero-order valence-corrected chi connectivity index (χ0v) is 10.7. The molecule has 0 bridgehead atoms. The van der Waals surface area contributed by atoms with Crippen LogP contribution >= 0.6 is 0 Å². The van der Waals surface area contributed by atoms with Gasteiger partial charge in [-0.25, -0.2) is 4.79 Å². The lowest BCUT2D eigenvalue weighted by Gasteiger charge is -2.15. The number of ether oxygens (including phenoxy) is 1. The lowest BCUT2D eigenvalue weighted by Crippen LogP contribution is -2.21. The second-order valence-corrected chi connectivity index (χ2v) is 4.22. The molecule has 0 spiro atoms. The highest BCUT2D eigenvalue weighted by Crippen LogP contribution is 2.23. The molecule has 1 aromatic rings. The maximum atomic E-state index is 12.2. The van der Waals surface area contributed by atoms with Gasteiger partial charge in [0, 0.05) is 5.56 Å². The first-order valence-corrected chi connectivity index (χ1v) is 6.21. The van der Waals surface area contributed by atoms with Crippen molar-refractivity contribution >= 4 is 11.8 Å². The molecule has 18 heavy (non-hydrogen) atoms. The Morgan fingerprint density at radius 1 is 1.33 bits per heavy atom. The Balaban J connectivity index is 2.34. The number of ketones is 1. The number of benzene rings is 1. The van der Waals surface area contributed by atoms with Crippen molar-refractivity contribution in [3.8, 4) is 0 Å². The van der Waals surface area contributed by atoms with Gasteiger partial charge in [0.15, 0.2) is 5.78 Å². The predicted molar refractivity (Wildman–Crippen MR) is 68.6 cm³/mol. The monoisotopic (exact) mass is 244 g/mol. The van der Waals surface area contributed by atoms with Gasteiger partial charge in [0.25, 0.3) is 0 Å². The average molecular weight is 244 g/mol. The Morgan fingerprint density at radius 2 is 2.11 bits per heavy atom. The Hall–Kier alpha value is -1.90. The zero-order valence-electron chi connectivity index (χ0n) is 10.7. The van der Waals surface area contributed by atoms with E-state index < -0.39 is 5.97 Å². The molecule has 0 atom stereocenters. The number of hydrogen-bond acceptors (Lipinski definition) is 3. The Kier molecular flexibility index (Phi) is 3.60. The molecule has 1 aromatic carbocycles. The third-order valence-corrected chi connectivity index (χ3v) is 3.09. The number of carbonyl (C=O) groups is 2. The molecule has 3 nitrogen and oxygen atoms in total. The van der Waals surface area contributed by atoms with Gasteiger partial charge in [0.2, 0.25) is 0 Å². The van der Waals surface area contributed by atoms with Crippen LogP contribution in [0, 0.1) is 0 Å². The van der Waals surface area contributed by atoms with Gasteiger partial charge in [-0.15, -0.1) is 0 Å². The number of Topliss-reactive ketones (excluding diaryl/α,β-unsaturated/α-hetero) is 1. The van der Waals surface area contributed by atoms with Gasteiger partial charge in [-0.2, -0.15) is 0 Å². The van der Waals surface area contributed by atoms with E-state index in [0.717, 1.165) is 17.5 Å². The molecule has 0 heterocycles. The first-order chi connectivity index (χ1) is 8.67. The Labute approximate surface area is 106 Å². The smallest absolute Gasteiger partial charge is 0.341 e. The average Bonchev–Trinajstić information content (AvgIpc) is 2.39. The van der Waals surface area contributed by atoms with E-state index in [0.29, 0.717) is 12.0 Å². The molecular formula is C15H16O3. The minimum Gasteiger partial charge on any atom is -0.462 e. The molecule has 0 aromatic heterocycles. The van der Waals surface area contributed by atoms with Crippen LogP contribution in [0.3, 0.4) is 0 Å². The fourth-order valence-corrected chi connectivity index (χ4v) is 2.07. The third-order valence-electron chi connectivity index (χ3n) is 3.09. The van der Waals surface area contributed by atoms with Crippen LogP contribution in [0.25, 0.3) is 0 Å². The molecule has 0 unspecified atom stereocenters. The molecule has 0 radical (unpaired) electrons. The summed E-state index contributed by atoms with van der Waals surface area (Å²) in [5.74, 6) is -0.736. The van der Waals surface area contributed by atoms with Crippen molar-refractivity contribution < 1.29 is 14.3 Å². The van der Waals surface area contributed by atoms with Gasteiger partial charge >= 0.3 is 5.97 Å². The summed E-state index contributed by atoms with van der Waals surface area (Å²) >= 11 is 0. The van der Waals surface area contributed by atoms with Crippen LogP contribution in [0.15, 0.2) is 29.8 Å². The molecule has 1 aliphatic rings. The zero-order chi connectivity index (χ0) is 13.1. The summed E-state index contributed by atoms with van der Waals surface area (Å²) in [6.07, 6.45) is 3.15. The van der Waals surface area contributed by atoms with Gasteiger partial charge in [-0.05, 0) is 37.0 Å². The summed E-state index contributed by atoms with van der Waals surface area (Å²) < 4.78 is 4.90. The summed E-state index contributed by atoms with van der Waals surface area (Å²) in [7, 11) is 0. The Bertz CT molecular complexity index is 527. The summed E-state index contributed by atoms with van der Waals surface area (Å²) in [4.78, 5) is 23.9. The fraction of sp³-hybridized carbons (Fsp3) is 0.333. The lowest BCUT2D eigenvalue weighted by molar-refractivity contribution is -0.138. The fourth-order valence-electron chi connectivity index (χ4n) is 2.07. The van der Waals surface area contributed by atoms with E-state index in [-0.39, 0.29) is 18.0 Å². The van der Waals surface area contributed by atoms with Crippen molar-refractivity contribution in [1.29, 1.82) is 0 Å². The number of hydrogen-bond donors (Lipinski definition) is 0. The molecule has 0 N–H and O–H groups in total. The van der Waals surface area contributed by atoms with Crippen LogP contribution in [0.5, 0.6) is 0 Å². The van der Waals surface area contributed by atoms with Gasteiger partial charge < -0.3 is 4.74 Å². The molecular weight excluding hydrogens is 228 g/mol. The SMILES string of the molecule is CCOC(=O)C1=CCc2ccc(CC)cc2C1=O. The molecule has 0 saturated carbocycles. The second kappa shape index (κ2) is 5.17. The third kappa shape index (κ3) is 2.21. The van der Waals surface area contributed by atoms with Gasteiger partial charge in [0.1, 0.15) is 5.57 Å². The lowest BCUT2D eigenvalue weighted by atomic mass is 9.89. The van der Waals surface area contributed by atoms with Crippen molar-refractivity contribution in [2.75, 3.05) is 6.61 Å². The number of carbonyl (C=O) groups excluding carboxylic acids is 2. The maximum Gasteiger partial charge on any atom is 0.341 e. The normalized spacial score (nSPS) is 13.9. The largest absolute Gasteiger partial charge is 0.462 e. The summed E-state index contributed by atoms with van der Waals surface area (Å²) in [5.41, 5.74) is 2.88. The first-order valence-electron chi connectivity index (χ1n) is 6.21. The Morgan fingerprint density at radius 3 is 2.78 bits per heavy atom. The summed E-state index contributed by atoms with van der Waals surface area (Å²) in [5, 5.41) is 0. The van der Waals surface area contributed by atoms with Gasteiger partial charge in [-0.1, -0.05) is 25.1 Å². The van der Waals surface area contributed by atoms with Crippen molar-refractivity contribution in [1.82, 2.24) is 0 Å². The van der Waals surface area contributed by atoms with Crippen LogP contribution in [0.1, 0.15) is 35.3 Å². The van der Waals surface area contributed by atoms with E-state index in [1.54, 1.807) is 13.0 Å². The van der Waals surface area contributed by atoms with Gasteiger partial charge in [-0.3, -0.25) is 4.79 Å². The standard InChI is InChI=1S/C15H16O3/c1-3-10-5-6-11-7-8-12(15(17)18-4-2)14(16)13(11)9-10/h5-6,8-9H,3-4,7H2,1-2H3. The van der Waals surface area contributed by atoms with Crippen molar-refractivity contribution in [2.45, 2.75) is 26.7 Å². The quantitative estimate of drug-likeness (QED) is 0.606. The molecule has 2 rings (SSSR count). The highest BCUT2D eigenvalue weighted by Gasteiger charge is 2.26. The molecule has 3 heteroatoms. The first kappa shape index (κ1) is 12.6. The molecule has 1 aliphatic carbocycles. The summed E-state index contributed by atoms with van der Waals surface area (Å²) in [6, 6.07) is 5.86. The topological polar surface area (TPSA) is 43.4 Å². The van der Waals surface area contributed by atoms with Crippen molar-refractivity contribution in [3.05, 3.63) is 46.5 Å². The minimum atomic E-state index is -0.518. The second-order valence-electron chi connectivity index (χ2n) is 4.22. The van der Waals surface area contributed by atoms with E-state index in [1.165, 1.54) is 0 Å². The maximum absolute atomic E-state index is 12.2. The van der Waals surface area contributed by atoms with E-state index in [4.69, 9.17) is 4.74 Å². The van der Waals surface area contributed by atoms with E-state index in [2.05, 4.69) is 0 Å². The van der Waals surface area contributed by atoms with E-state index in [9.17, 15) is 9.59 Å². The highest BCUT2D eigenvalue weighted by atomic mass is 16.5. The molecule has 0 aliphatic heterocycles. The number of aryl methyl sites for hydroxylation is 1. The van der Waals surface area contributed by atoms with Crippen LogP contribution in [-0.2, 0) is 22.4 Å². The summed E-state index contributed by atoms with van der Waals surface area (Å²) in [6.45, 7) is 4.05.